The summed E-state index contributed by atoms with van der Waals surface area (Å²) in [6, 6.07) is 2.31. The molecule has 0 aliphatic carbocycles. The SMILES string of the molecule is C[C@H](c1ccncc1)N(C)C(=O)NCC(F)(F)F. The van der Waals surface area contributed by atoms with Gasteiger partial charge in [0, 0.05) is 19.4 Å². The van der Waals surface area contributed by atoms with Crippen LogP contribution in [0.4, 0.5) is 18.0 Å². The van der Waals surface area contributed by atoms with Gasteiger partial charge in [0.15, 0.2) is 0 Å². The van der Waals surface area contributed by atoms with Crippen LogP contribution in [0, 0.1) is 0 Å². The van der Waals surface area contributed by atoms with Crippen LogP contribution in [0.3, 0.4) is 0 Å². The van der Waals surface area contributed by atoms with Crippen molar-refractivity contribution in [1.82, 2.24) is 15.2 Å². The second-order valence-corrected chi connectivity index (χ2v) is 3.84. The summed E-state index contributed by atoms with van der Waals surface area (Å²) in [5.41, 5.74) is 0.801. The monoisotopic (exact) mass is 261 g/mol. The van der Waals surface area contributed by atoms with Crippen molar-refractivity contribution < 1.29 is 18.0 Å². The van der Waals surface area contributed by atoms with Gasteiger partial charge in [0.25, 0.3) is 0 Å². The minimum absolute atomic E-state index is 0.332. The van der Waals surface area contributed by atoms with E-state index < -0.39 is 18.8 Å². The highest BCUT2D eigenvalue weighted by atomic mass is 19.4. The minimum atomic E-state index is -4.41. The molecular formula is C11H14F3N3O. The fraction of sp³-hybridized carbons (Fsp3) is 0.455. The minimum Gasteiger partial charge on any atom is -0.329 e. The molecule has 2 amide bonds. The van der Waals surface area contributed by atoms with Gasteiger partial charge >= 0.3 is 12.2 Å². The van der Waals surface area contributed by atoms with E-state index in [0.29, 0.717) is 0 Å². The Labute approximate surface area is 103 Å². The number of hydrogen-bond donors (Lipinski definition) is 1. The van der Waals surface area contributed by atoms with Crippen molar-refractivity contribution in [1.29, 1.82) is 0 Å². The Hall–Kier alpha value is -1.79. The normalized spacial score (nSPS) is 12.9. The Morgan fingerprint density at radius 2 is 2.00 bits per heavy atom. The lowest BCUT2D eigenvalue weighted by molar-refractivity contribution is -0.123. The third-order valence-electron chi connectivity index (χ3n) is 2.53. The van der Waals surface area contributed by atoms with Gasteiger partial charge in [-0.3, -0.25) is 4.98 Å². The van der Waals surface area contributed by atoms with E-state index in [4.69, 9.17) is 0 Å². The second kappa shape index (κ2) is 5.70. The van der Waals surface area contributed by atoms with Crippen LogP contribution >= 0.6 is 0 Å². The summed E-state index contributed by atoms with van der Waals surface area (Å²) in [5.74, 6) is 0. The summed E-state index contributed by atoms with van der Waals surface area (Å²) < 4.78 is 35.9. The number of nitrogens with zero attached hydrogens (tertiary/aromatic N) is 2. The molecule has 0 saturated carbocycles. The lowest BCUT2D eigenvalue weighted by atomic mass is 10.1. The van der Waals surface area contributed by atoms with Crippen LogP contribution in [-0.2, 0) is 0 Å². The van der Waals surface area contributed by atoms with Gasteiger partial charge in [-0.15, -0.1) is 0 Å². The lowest BCUT2D eigenvalue weighted by Gasteiger charge is -2.25. The van der Waals surface area contributed by atoms with Crippen LogP contribution in [0.1, 0.15) is 18.5 Å². The van der Waals surface area contributed by atoms with E-state index in [0.717, 1.165) is 5.56 Å². The molecule has 18 heavy (non-hydrogen) atoms. The number of hydrogen-bond acceptors (Lipinski definition) is 2. The first-order valence-electron chi connectivity index (χ1n) is 5.28. The maximum Gasteiger partial charge on any atom is 0.405 e. The van der Waals surface area contributed by atoms with E-state index in [2.05, 4.69) is 4.98 Å². The highest BCUT2D eigenvalue weighted by Crippen LogP contribution is 2.18. The van der Waals surface area contributed by atoms with E-state index in [1.165, 1.54) is 11.9 Å². The molecule has 1 rings (SSSR count). The van der Waals surface area contributed by atoms with Gasteiger partial charge in [-0.1, -0.05) is 0 Å². The summed E-state index contributed by atoms with van der Waals surface area (Å²) in [6.45, 7) is 0.391. The van der Waals surface area contributed by atoms with Crippen molar-refractivity contribution in [3.05, 3.63) is 30.1 Å². The molecule has 1 atom stereocenters. The number of nitrogens with one attached hydrogen (secondary N) is 1. The molecule has 0 aliphatic heterocycles. The van der Waals surface area contributed by atoms with Gasteiger partial charge in [-0.25, -0.2) is 4.79 Å². The molecule has 0 unspecified atom stereocenters. The van der Waals surface area contributed by atoms with E-state index in [1.807, 2.05) is 5.32 Å². The van der Waals surface area contributed by atoms with E-state index in [-0.39, 0.29) is 6.04 Å². The van der Waals surface area contributed by atoms with E-state index in [1.54, 1.807) is 31.5 Å². The number of alkyl halides is 3. The molecule has 0 bridgehead atoms. The van der Waals surface area contributed by atoms with Crippen LogP contribution < -0.4 is 5.32 Å². The topological polar surface area (TPSA) is 45.2 Å². The van der Waals surface area contributed by atoms with Crippen molar-refractivity contribution in [2.45, 2.75) is 19.1 Å². The van der Waals surface area contributed by atoms with Gasteiger partial charge in [-0.2, -0.15) is 13.2 Å². The van der Waals surface area contributed by atoms with Crippen molar-refractivity contribution >= 4 is 6.03 Å². The molecule has 1 aromatic heterocycles. The molecule has 0 aliphatic rings. The summed E-state index contributed by atoms with van der Waals surface area (Å²) in [7, 11) is 1.44. The third kappa shape index (κ3) is 4.23. The summed E-state index contributed by atoms with van der Waals surface area (Å²) in [4.78, 5) is 16.5. The Kier molecular flexibility index (Phi) is 4.52. The molecule has 0 radical (unpaired) electrons. The largest absolute Gasteiger partial charge is 0.405 e. The molecule has 1 aromatic rings. The lowest BCUT2D eigenvalue weighted by Crippen LogP contribution is -2.42. The fourth-order valence-corrected chi connectivity index (χ4v) is 1.34. The Morgan fingerprint density at radius 3 is 2.50 bits per heavy atom. The molecule has 7 heteroatoms. The van der Waals surface area contributed by atoms with E-state index in [9.17, 15) is 18.0 Å². The first-order valence-corrected chi connectivity index (χ1v) is 5.28. The van der Waals surface area contributed by atoms with Crippen molar-refractivity contribution in [2.75, 3.05) is 13.6 Å². The number of aromatic nitrogens is 1. The molecule has 1 N–H and O–H groups in total. The number of rotatable bonds is 3. The Morgan fingerprint density at radius 1 is 1.44 bits per heavy atom. The van der Waals surface area contributed by atoms with Crippen LogP contribution in [0.25, 0.3) is 0 Å². The van der Waals surface area contributed by atoms with Crippen LogP contribution in [-0.4, -0.2) is 35.7 Å². The molecule has 100 valence electrons. The first kappa shape index (κ1) is 14.3. The van der Waals surface area contributed by atoms with Crippen molar-refractivity contribution in [3.63, 3.8) is 0 Å². The number of carbonyl (C=O) groups excluding carboxylic acids is 1. The highest BCUT2D eigenvalue weighted by molar-refractivity contribution is 5.74. The molecule has 0 aromatic carbocycles. The fourth-order valence-electron chi connectivity index (χ4n) is 1.34. The number of amides is 2. The standard InChI is InChI=1S/C11H14F3N3O/c1-8(9-3-5-15-6-4-9)17(2)10(18)16-7-11(12,13)14/h3-6,8H,7H2,1-2H3,(H,16,18)/t8-/m1/s1. The van der Waals surface area contributed by atoms with Crippen molar-refractivity contribution in [3.8, 4) is 0 Å². The number of pyridine rings is 1. The van der Waals surface area contributed by atoms with Crippen molar-refractivity contribution in [2.24, 2.45) is 0 Å². The smallest absolute Gasteiger partial charge is 0.329 e. The molecule has 0 spiro atoms. The van der Waals surface area contributed by atoms with Crippen LogP contribution in [0.15, 0.2) is 24.5 Å². The van der Waals surface area contributed by atoms with Gasteiger partial charge in [-0.05, 0) is 24.6 Å². The number of carbonyl (C=O) groups is 1. The average molecular weight is 261 g/mol. The summed E-state index contributed by atoms with van der Waals surface area (Å²) in [6.07, 6.45) is -1.28. The average Bonchev–Trinajstić information content (AvgIpc) is 2.34. The zero-order valence-electron chi connectivity index (χ0n) is 10.0. The quantitative estimate of drug-likeness (QED) is 0.907. The van der Waals surface area contributed by atoms with Gasteiger partial charge in [0.2, 0.25) is 0 Å². The second-order valence-electron chi connectivity index (χ2n) is 3.84. The predicted octanol–water partition coefficient (Wildman–Crippen LogP) is 2.35. The van der Waals surface area contributed by atoms with Gasteiger partial charge in [0.1, 0.15) is 6.54 Å². The number of halogens is 3. The molecule has 4 nitrogen and oxygen atoms in total. The Bertz CT molecular complexity index is 394. The molecule has 0 saturated heterocycles. The van der Waals surface area contributed by atoms with Gasteiger partial charge in [0.05, 0.1) is 6.04 Å². The van der Waals surface area contributed by atoms with Crippen LogP contribution in [0.5, 0.6) is 0 Å². The summed E-state index contributed by atoms with van der Waals surface area (Å²) >= 11 is 0. The maximum absolute atomic E-state index is 12.0. The highest BCUT2D eigenvalue weighted by Gasteiger charge is 2.29. The molecular weight excluding hydrogens is 247 g/mol. The van der Waals surface area contributed by atoms with Crippen LogP contribution in [0.2, 0.25) is 0 Å². The van der Waals surface area contributed by atoms with Gasteiger partial charge < -0.3 is 10.2 Å². The zero-order valence-corrected chi connectivity index (χ0v) is 10.0. The third-order valence-corrected chi connectivity index (χ3v) is 2.53. The Balaban J connectivity index is 2.59. The molecule has 0 fully saturated rings. The predicted molar refractivity (Wildman–Crippen MR) is 59.9 cm³/mol. The van der Waals surface area contributed by atoms with E-state index >= 15 is 0 Å². The summed E-state index contributed by atoms with van der Waals surface area (Å²) in [5, 5.41) is 1.82. The maximum atomic E-state index is 12.0. The zero-order chi connectivity index (χ0) is 13.8. The number of urea groups is 1. The molecule has 1 heterocycles. The first-order chi connectivity index (χ1) is 8.31.